The zero-order valence-corrected chi connectivity index (χ0v) is 21.6. The molecular formula is C27H42Cl2N2O2. The third-order valence-corrected chi connectivity index (χ3v) is 6.55. The van der Waals surface area contributed by atoms with Crippen molar-refractivity contribution in [1.29, 1.82) is 0 Å². The first-order valence-corrected chi connectivity index (χ1v) is 12.2. The van der Waals surface area contributed by atoms with E-state index >= 15 is 0 Å². The molecule has 2 aromatic rings. The summed E-state index contributed by atoms with van der Waals surface area (Å²) in [5.74, 6) is 0.104. The van der Waals surface area contributed by atoms with Crippen LogP contribution in [0.25, 0.3) is 0 Å². The standard InChI is InChI=1S/C27H40N2O2.2ClH/c1-2-19-29(24-13-14-25-23(21-24)12-15-26(30)27(25)31)20-9-4-3-8-17-28-18-16-22-10-6-5-7-11-22;;/h5-7,10-12,15,24,28,30-31H,2-4,8-9,13-14,16-21H2,1H3;2*1H/t24-;;/m0../s1. The number of phenols is 2. The largest absolute Gasteiger partial charge is 0.504 e. The summed E-state index contributed by atoms with van der Waals surface area (Å²) in [7, 11) is 0. The third-order valence-electron chi connectivity index (χ3n) is 6.55. The Hall–Kier alpha value is -1.46. The molecule has 0 bridgehead atoms. The van der Waals surface area contributed by atoms with Gasteiger partial charge in [-0.15, -0.1) is 24.8 Å². The minimum Gasteiger partial charge on any atom is -0.504 e. The molecule has 186 valence electrons. The van der Waals surface area contributed by atoms with Crippen LogP contribution in [0, 0.1) is 0 Å². The highest BCUT2D eigenvalue weighted by atomic mass is 35.5. The van der Waals surface area contributed by atoms with Crippen LogP contribution in [0.4, 0.5) is 0 Å². The van der Waals surface area contributed by atoms with Crippen LogP contribution in [-0.2, 0) is 19.3 Å². The second-order valence-electron chi connectivity index (χ2n) is 8.90. The van der Waals surface area contributed by atoms with E-state index in [4.69, 9.17) is 0 Å². The minimum atomic E-state index is 0. The smallest absolute Gasteiger partial charge is 0.160 e. The molecule has 0 aliphatic heterocycles. The molecule has 1 atom stereocenters. The van der Waals surface area contributed by atoms with Crippen LogP contribution in [0.5, 0.6) is 11.5 Å². The number of fused-ring (bicyclic) bond motifs is 1. The molecule has 0 amide bonds. The summed E-state index contributed by atoms with van der Waals surface area (Å²) in [5.41, 5.74) is 3.56. The molecule has 0 spiro atoms. The van der Waals surface area contributed by atoms with Gasteiger partial charge in [-0.2, -0.15) is 0 Å². The zero-order chi connectivity index (χ0) is 21.9. The van der Waals surface area contributed by atoms with Crippen LogP contribution in [-0.4, -0.2) is 47.3 Å². The van der Waals surface area contributed by atoms with E-state index in [-0.39, 0.29) is 36.3 Å². The summed E-state index contributed by atoms with van der Waals surface area (Å²) in [6.45, 7) is 6.74. The van der Waals surface area contributed by atoms with Crippen LogP contribution in [0.3, 0.4) is 0 Å². The molecule has 1 aliphatic carbocycles. The summed E-state index contributed by atoms with van der Waals surface area (Å²) in [5, 5.41) is 23.5. The first-order valence-electron chi connectivity index (χ1n) is 12.2. The number of hydrogen-bond donors (Lipinski definition) is 3. The fourth-order valence-electron chi connectivity index (χ4n) is 4.80. The molecule has 0 fully saturated rings. The highest BCUT2D eigenvalue weighted by molar-refractivity contribution is 5.85. The van der Waals surface area contributed by atoms with E-state index in [1.54, 1.807) is 6.07 Å². The van der Waals surface area contributed by atoms with Gasteiger partial charge in [0.25, 0.3) is 0 Å². The van der Waals surface area contributed by atoms with E-state index in [0.29, 0.717) is 6.04 Å². The predicted octanol–water partition coefficient (Wildman–Crippen LogP) is 5.90. The topological polar surface area (TPSA) is 55.7 Å². The van der Waals surface area contributed by atoms with E-state index < -0.39 is 0 Å². The van der Waals surface area contributed by atoms with E-state index in [1.807, 2.05) is 6.07 Å². The predicted molar refractivity (Wildman–Crippen MR) is 143 cm³/mol. The number of unbranched alkanes of at least 4 members (excludes halogenated alkanes) is 3. The lowest BCUT2D eigenvalue weighted by Gasteiger charge is -2.35. The fourth-order valence-corrected chi connectivity index (χ4v) is 4.80. The van der Waals surface area contributed by atoms with E-state index in [9.17, 15) is 10.2 Å². The van der Waals surface area contributed by atoms with Gasteiger partial charge < -0.3 is 20.4 Å². The molecule has 0 aromatic heterocycles. The molecule has 33 heavy (non-hydrogen) atoms. The number of benzene rings is 2. The van der Waals surface area contributed by atoms with Crippen LogP contribution in [0.2, 0.25) is 0 Å². The molecule has 6 heteroatoms. The fraction of sp³-hybridized carbons (Fsp3) is 0.556. The second-order valence-corrected chi connectivity index (χ2v) is 8.90. The van der Waals surface area contributed by atoms with E-state index in [0.717, 1.165) is 50.9 Å². The molecule has 0 saturated heterocycles. The Bertz CT molecular complexity index is 789. The molecule has 3 rings (SSSR count). The van der Waals surface area contributed by atoms with Gasteiger partial charge in [0.15, 0.2) is 11.5 Å². The summed E-state index contributed by atoms with van der Waals surface area (Å²) >= 11 is 0. The van der Waals surface area contributed by atoms with Crippen molar-refractivity contribution in [3.05, 3.63) is 59.2 Å². The Morgan fingerprint density at radius 2 is 1.67 bits per heavy atom. The van der Waals surface area contributed by atoms with E-state index in [2.05, 4.69) is 47.5 Å². The maximum absolute atomic E-state index is 10.1. The normalized spacial score (nSPS) is 14.9. The molecule has 4 nitrogen and oxygen atoms in total. The van der Waals surface area contributed by atoms with Crippen LogP contribution in [0.15, 0.2) is 42.5 Å². The third kappa shape index (κ3) is 9.36. The first-order chi connectivity index (χ1) is 15.2. The average molecular weight is 498 g/mol. The molecule has 0 unspecified atom stereocenters. The van der Waals surface area contributed by atoms with Gasteiger partial charge >= 0.3 is 0 Å². The molecule has 2 aromatic carbocycles. The number of halogens is 2. The molecule has 0 heterocycles. The summed E-state index contributed by atoms with van der Waals surface area (Å²) in [4.78, 5) is 2.66. The second kappa shape index (κ2) is 16.2. The Morgan fingerprint density at radius 1 is 0.909 bits per heavy atom. The van der Waals surface area contributed by atoms with Crippen molar-refractivity contribution >= 4 is 24.8 Å². The van der Waals surface area contributed by atoms with Gasteiger partial charge in [-0.05, 0) is 88.3 Å². The number of nitrogens with one attached hydrogen (secondary N) is 1. The number of hydrogen-bond acceptors (Lipinski definition) is 4. The van der Waals surface area contributed by atoms with Crippen molar-refractivity contribution in [2.45, 2.75) is 70.8 Å². The number of phenolic OH excluding ortho intramolecular Hbond substituents is 2. The van der Waals surface area contributed by atoms with Gasteiger partial charge in [0.2, 0.25) is 0 Å². The maximum atomic E-state index is 10.1. The van der Waals surface area contributed by atoms with Gasteiger partial charge in [0.1, 0.15) is 0 Å². The monoisotopic (exact) mass is 496 g/mol. The number of nitrogens with zero attached hydrogens (tertiary/aromatic N) is 1. The molecule has 0 radical (unpaired) electrons. The van der Waals surface area contributed by atoms with Crippen LogP contribution in [0.1, 0.15) is 62.1 Å². The zero-order valence-electron chi connectivity index (χ0n) is 20.0. The average Bonchev–Trinajstić information content (AvgIpc) is 2.80. The van der Waals surface area contributed by atoms with Gasteiger partial charge in [-0.25, -0.2) is 0 Å². The lowest BCUT2D eigenvalue weighted by atomic mass is 9.86. The van der Waals surface area contributed by atoms with Crippen molar-refractivity contribution < 1.29 is 10.2 Å². The SMILES string of the molecule is CCCN(CCCCCCNCCc1ccccc1)[C@H]1CCc2c(ccc(O)c2O)C1.Cl.Cl. The molecule has 1 aliphatic rings. The Labute approximate surface area is 212 Å². The van der Waals surface area contributed by atoms with E-state index in [1.165, 1.54) is 49.8 Å². The van der Waals surface area contributed by atoms with Crippen molar-refractivity contribution in [2.75, 3.05) is 26.2 Å². The lowest BCUT2D eigenvalue weighted by molar-refractivity contribution is 0.175. The van der Waals surface area contributed by atoms with Crippen molar-refractivity contribution in [2.24, 2.45) is 0 Å². The highest BCUT2D eigenvalue weighted by Gasteiger charge is 2.26. The van der Waals surface area contributed by atoms with Gasteiger partial charge in [0.05, 0.1) is 0 Å². The Kier molecular flexibility index (Phi) is 14.5. The molecular weight excluding hydrogens is 455 g/mol. The molecule has 3 N–H and O–H groups in total. The summed E-state index contributed by atoms with van der Waals surface area (Å²) in [6.07, 6.45) is 10.3. The van der Waals surface area contributed by atoms with Gasteiger partial charge in [-0.3, -0.25) is 0 Å². The Balaban J connectivity index is 0.00000272. The minimum absolute atomic E-state index is 0. The maximum Gasteiger partial charge on any atom is 0.160 e. The summed E-state index contributed by atoms with van der Waals surface area (Å²) < 4.78 is 0. The quantitative estimate of drug-likeness (QED) is 0.238. The van der Waals surface area contributed by atoms with Crippen molar-refractivity contribution in [1.82, 2.24) is 10.2 Å². The first kappa shape index (κ1) is 29.6. The molecule has 0 saturated carbocycles. The van der Waals surface area contributed by atoms with Gasteiger partial charge in [0, 0.05) is 11.6 Å². The summed E-state index contributed by atoms with van der Waals surface area (Å²) in [6, 6.07) is 14.9. The number of rotatable bonds is 13. The van der Waals surface area contributed by atoms with Gasteiger partial charge in [-0.1, -0.05) is 56.2 Å². The van der Waals surface area contributed by atoms with Crippen LogP contribution < -0.4 is 5.32 Å². The van der Waals surface area contributed by atoms with Crippen molar-refractivity contribution in [3.8, 4) is 11.5 Å². The number of aromatic hydroxyl groups is 2. The van der Waals surface area contributed by atoms with Crippen molar-refractivity contribution in [3.63, 3.8) is 0 Å². The van der Waals surface area contributed by atoms with Crippen LogP contribution >= 0.6 is 24.8 Å². The Morgan fingerprint density at radius 3 is 2.42 bits per heavy atom. The highest BCUT2D eigenvalue weighted by Crippen LogP contribution is 2.36. The lowest BCUT2D eigenvalue weighted by Crippen LogP contribution is -2.40.